The van der Waals surface area contributed by atoms with Crippen molar-refractivity contribution in [3.05, 3.63) is 36.4 Å². The molecule has 23 heavy (non-hydrogen) atoms. The molecule has 1 fully saturated rings. The number of carbonyl (C=O) groups excluding carboxylic acids is 1. The summed E-state index contributed by atoms with van der Waals surface area (Å²) >= 11 is 0. The molecule has 0 bridgehead atoms. The van der Waals surface area contributed by atoms with Crippen LogP contribution in [-0.4, -0.2) is 44.2 Å². The van der Waals surface area contributed by atoms with Crippen molar-refractivity contribution in [3.8, 4) is 11.5 Å². The highest BCUT2D eigenvalue weighted by Crippen LogP contribution is 2.32. The summed E-state index contributed by atoms with van der Waals surface area (Å²) in [6, 6.07) is 5.77. The van der Waals surface area contributed by atoms with E-state index in [0.717, 1.165) is 31.7 Å². The van der Waals surface area contributed by atoms with Crippen LogP contribution in [0.3, 0.4) is 0 Å². The molecule has 0 aliphatic carbocycles. The first-order chi connectivity index (χ1) is 10.2. The number of esters is 1. The SMILES string of the molecule is C=C[C@H](c1ccc(OC(C)=O)c(OC)c1)N1CCNCC1.Cl.Cl. The van der Waals surface area contributed by atoms with Crippen LogP contribution in [0.2, 0.25) is 0 Å². The second-order valence-electron chi connectivity index (χ2n) is 4.97. The largest absolute Gasteiger partial charge is 0.493 e. The third kappa shape index (κ3) is 5.70. The molecule has 0 amide bonds. The predicted molar refractivity (Wildman–Crippen MR) is 96.2 cm³/mol. The maximum absolute atomic E-state index is 11.1. The highest BCUT2D eigenvalue weighted by atomic mass is 35.5. The van der Waals surface area contributed by atoms with Gasteiger partial charge in [0.1, 0.15) is 0 Å². The molecule has 130 valence electrons. The molecular formula is C16H24Cl2N2O3. The van der Waals surface area contributed by atoms with E-state index in [0.29, 0.717) is 11.5 Å². The zero-order valence-corrected chi connectivity index (χ0v) is 15.0. The van der Waals surface area contributed by atoms with Gasteiger partial charge in [0.2, 0.25) is 0 Å². The number of benzene rings is 1. The smallest absolute Gasteiger partial charge is 0.308 e. The van der Waals surface area contributed by atoms with Crippen LogP contribution in [0.5, 0.6) is 11.5 Å². The van der Waals surface area contributed by atoms with Crippen LogP contribution in [0, 0.1) is 0 Å². The molecule has 1 aromatic rings. The Morgan fingerprint density at radius 2 is 1.96 bits per heavy atom. The Kier molecular flexibility index (Phi) is 9.91. The third-order valence-corrected chi connectivity index (χ3v) is 3.55. The Morgan fingerprint density at radius 1 is 1.30 bits per heavy atom. The number of hydrogen-bond donors (Lipinski definition) is 1. The van der Waals surface area contributed by atoms with E-state index >= 15 is 0 Å². The molecule has 0 unspecified atom stereocenters. The van der Waals surface area contributed by atoms with Crippen molar-refractivity contribution in [2.24, 2.45) is 0 Å². The average molecular weight is 363 g/mol. The van der Waals surface area contributed by atoms with Gasteiger partial charge in [0.15, 0.2) is 11.5 Å². The second-order valence-corrected chi connectivity index (χ2v) is 4.97. The molecule has 1 aromatic carbocycles. The minimum absolute atomic E-state index is 0. The van der Waals surface area contributed by atoms with Gasteiger partial charge in [-0.15, -0.1) is 31.4 Å². The van der Waals surface area contributed by atoms with Crippen molar-refractivity contribution in [2.45, 2.75) is 13.0 Å². The molecule has 1 N–H and O–H groups in total. The zero-order valence-electron chi connectivity index (χ0n) is 13.4. The molecule has 5 nitrogen and oxygen atoms in total. The summed E-state index contributed by atoms with van der Waals surface area (Å²) in [6.45, 7) is 9.24. The first-order valence-electron chi connectivity index (χ1n) is 7.09. The zero-order chi connectivity index (χ0) is 15.2. The van der Waals surface area contributed by atoms with Crippen LogP contribution in [0.15, 0.2) is 30.9 Å². The van der Waals surface area contributed by atoms with Crippen LogP contribution in [0.25, 0.3) is 0 Å². The predicted octanol–water partition coefficient (Wildman–Crippen LogP) is 2.60. The summed E-state index contributed by atoms with van der Waals surface area (Å²) in [4.78, 5) is 13.5. The molecule has 0 saturated carbocycles. The number of nitrogens with one attached hydrogen (secondary N) is 1. The molecular weight excluding hydrogens is 339 g/mol. The topological polar surface area (TPSA) is 50.8 Å². The van der Waals surface area contributed by atoms with Crippen LogP contribution in [-0.2, 0) is 4.79 Å². The third-order valence-electron chi connectivity index (χ3n) is 3.55. The number of rotatable bonds is 5. The van der Waals surface area contributed by atoms with Crippen molar-refractivity contribution in [1.29, 1.82) is 0 Å². The summed E-state index contributed by atoms with van der Waals surface area (Å²) in [5.41, 5.74) is 1.08. The van der Waals surface area contributed by atoms with Crippen molar-refractivity contribution >= 4 is 30.8 Å². The van der Waals surface area contributed by atoms with Gasteiger partial charge in [-0.25, -0.2) is 0 Å². The fourth-order valence-corrected chi connectivity index (χ4v) is 2.56. The first-order valence-corrected chi connectivity index (χ1v) is 7.09. The van der Waals surface area contributed by atoms with Gasteiger partial charge in [-0.3, -0.25) is 9.69 Å². The first kappa shape index (κ1) is 21.7. The Morgan fingerprint density at radius 3 is 2.48 bits per heavy atom. The fourth-order valence-electron chi connectivity index (χ4n) is 2.56. The van der Waals surface area contributed by atoms with Crippen molar-refractivity contribution in [3.63, 3.8) is 0 Å². The van der Waals surface area contributed by atoms with Gasteiger partial charge in [0, 0.05) is 33.1 Å². The number of ether oxygens (including phenoxy) is 2. The molecule has 0 radical (unpaired) electrons. The Bertz CT molecular complexity index is 520. The van der Waals surface area contributed by atoms with E-state index < -0.39 is 0 Å². The summed E-state index contributed by atoms with van der Waals surface area (Å²) in [6.07, 6.45) is 1.94. The van der Waals surface area contributed by atoms with Gasteiger partial charge in [-0.2, -0.15) is 0 Å². The van der Waals surface area contributed by atoms with Crippen LogP contribution in [0.1, 0.15) is 18.5 Å². The average Bonchev–Trinajstić information content (AvgIpc) is 2.50. The van der Waals surface area contributed by atoms with Crippen molar-refractivity contribution in [2.75, 3.05) is 33.3 Å². The highest BCUT2D eigenvalue weighted by Gasteiger charge is 2.21. The maximum Gasteiger partial charge on any atom is 0.308 e. The summed E-state index contributed by atoms with van der Waals surface area (Å²) < 4.78 is 10.5. The second kappa shape index (κ2) is 10.5. The quantitative estimate of drug-likeness (QED) is 0.495. The fraction of sp³-hybridized carbons (Fsp3) is 0.438. The molecule has 0 spiro atoms. The molecule has 7 heteroatoms. The lowest BCUT2D eigenvalue weighted by atomic mass is 10.0. The van der Waals surface area contributed by atoms with Crippen molar-refractivity contribution in [1.82, 2.24) is 10.2 Å². The van der Waals surface area contributed by atoms with Crippen LogP contribution < -0.4 is 14.8 Å². The molecule has 1 atom stereocenters. The van der Waals surface area contributed by atoms with Gasteiger partial charge >= 0.3 is 5.97 Å². The number of piperazine rings is 1. The Balaban J connectivity index is 0.00000242. The van der Waals surface area contributed by atoms with E-state index in [4.69, 9.17) is 9.47 Å². The van der Waals surface area contributed by atoms with Gasteiger partial charge in [-0.1, -0.05) is 12.1 Å². The molecule has 1 aliphatic heterocycles. The van der Waals surface area contributed by atoms with Gasteiger partial charge in [0.05, 0.1) is 13.2 Å². The van der Waals surface area contributed by atoms with E-state index in [1.807, 2.05) is 18.2 Å². The number of halogens is 2. The molecule has 1 saturated heterocycles. The molecule has 2 rings (SSSR count). The van der Waals surface area contributed by atoms with Gasteiger partial charge in [-0.05, 0) is 17.7 Å². The maximum atomic E-state index is 11.1. The minimum atomic E-state index is -0.358. The normalized spacial score (nSPS) is 15.6. The van der Waals surface area contributed by atoms with Gasteiger partial charge < -0.3 is 14.8 Å². The minimum Gasteiger partial charge on any atom is -0.493 e. The summed E-state index contributed by atoms with van der Waals surface area (Å²) in [5, 5.41) is 3.34. The Hall–Kier alpha value is -1.27. The van der Waals surface area contributed by atoms with E-state index in [1.54, 1.807) is 13.2 Å². The van der Waals surface area contributed by atoms with Crippen LogP contribution in [0.4, 0.5) is 0 Å². The van der Waals surface area contributed by atoms with Crippen molar-refractivity contribution < 1.29 is 14.3 Å². The standard InChI is InChI=1S/C16H22N2O3.2ClH/c1-4-14(18-9-7-17-8-10-18)13-5-6-15(21-12(2)19)16(11-13)20-3;;/h4-6,11,14,17H,1,7-10H2,2-3H3;2*1H/t14-;;/m1../s1. The monoisotopic (exact) mass is 362 g/mol. The number of carbonyl (C=O) groups is 1. The number of methoxy groups -OCH3 is 1. The van der Waals surface area contributed by atoms with E-state index in [2.05, 4.69) is 16.8 Å². The lowest BCUT2D eigenvalue weighted by Crippen LogP contribution is -2.44. The molecule has 0 aromatic heterocycles. The summed E-state index contributed by atoms with van der Waals surface area (Å²) in [7, 11) is 1.57. The molecule has 1 heterocycles. The summed E-state index contributed by atoms with van der Waals surface area (Å²) in [5.74, 6) is 0.644. The number of hydrogen-bond acceptors (Lipinski definition) is 5. The van der Waals surface area contributed by atoms with E-state index in [9.17, 15) is 4.79 Å². The highest BCUT2D eigenvalue weighted by molar-refractivity contribution is 5.85. The van der Waals surface area contributed by atoms with E-state index in [1.165, 1.54) is 6.92 Å². The molecule has 1 aliphatic rings. The van der Waals surface area contributed by atoms with Gasteiger partial charge in [0.25, 0.3) is 0 Å². The number of nitrogens with zero attached hydrogens (tertiary/aromatic N) is 1. The lowest BCUT2D eigenvalue weighted by molar-refractivity contribution is -0.132. The lowest BCUT2D eigenvalue weighted by Gasteiger charge is -2.33. The van der Waals surface area contributed by atoms with Crippen LogP contribution >= 0.6 is 24.8 Å². The Labute approximate surface area is 149 Å². The van der Waals surface area contributed by atoms with E-state index in [-0.39, 0.29) is 36.8 Å².